The first-order valence-corrected chi connectivity index (χ1v) is 31.2. The molecule has 0 bridgehead atoms. The molecule has 0 rings (SSSR count). The van der Waals surface area contributed by atoms with Crippen LogP contribution in [0.5, 0.6) is 0 Å². The minimum atomic E-state index is -0.542. The van der Waals surface area contributed by atoms with Crippen molar-refractivity contribution in [1.29, 1.82) is 0 Å². The Bertz CT molecular complexity index is 1150. The number of allylic oxidation sites excluding steroid dienone is 8. The highest BCUT2D eigenvalue weighted by atomic mass is 16.6. The summed E-state index contributed by atoms with van der Waals surface area (Å²) in [6.45, 7) is 7.83. The predicted molar refractivity (Wildman–Crippen MR) is 307 cm³/mol. The fourth-order valence-corrected chi connectivity index (χ4v) is 9.12. The minimum Gasteiger partial charge on any atom is -0.462 e. The van der Waals surface area contributed by atoms with Gasteiger partial charge in [0.1, 0.15) is 6.61 Å². The van der Waals surface area contributed by atoms with Crippen molar-refractivity contribution in [1.82, 2.24) is 0 Å². The third-order valence-electron chi connectivity index (χ3n) is 13.8. The van der Waals surface area contributed by atoms with Gasteiger partial charge in [-0.2, -0.15) is 0 Å². The van der Waals surface area contributed by atoms with Gasteiger partial charge in [-0.25, -0.2) is 0 Å². The van der Waals surface area contributed by atoms with Crippen LogP contribution in [0.15, 0.2) is 48.6 Å². The molecule has 0 spiro atoms. The predicted octanol–water partition coefficient (Wildman–Crippen LogP) is 21.5. The lowest BCUT2D eigenvalue weighted by atomic mass is 10.1. The fourth-order valence-electron chi connectivity index (χ4n) is 9.12. The lowest BCUT2D eigenvalue weighted by Gasteiger charge is -2.18. The lowest BCUT2D eigenvalue weighted by molar-refractivity contribution is -0.163. The summed E-state index contributed by atoms with van der Waals surface area (Å²) in [6.07, 6.45) is 77.1. The van der Waals surface area contributed by atoms with E-state index < -0.39 is 6.10 Å². The van der Waals surface area contributed by atoms with Crippen LogP contribution < -0.4 is 0 Å². The first-order chi connectivity index (χ1) is 34.6. The summed E-state index contributed by atoms with van der Waals surface area (Å²) in [6, 6.07) is 0. The number of rotatable bonds is 58. The number of ether oxygens (including phenoxy) is 3. The topological polar surface area (TPSA) is 61.8 Å². The Morgan fingerprint density at radius 1 is 0.314 bits per heavy atom. The molecule has 0 aliphatic carbocycles. The summed E-state index contributed by atoms with van der Waals surface area (Å²) in [7, 11) is 0. The average molecular weight is 982 g/mol. The van der Waals surface area contributed by atoms with Crippen molar-refractivity contribution in [3.05, 3.63) is 48.6 Å². The molecule has 5 nitrogen and oxygen atoms in total. The van der Waals surface area contributed by atoms with Crippen LogP contribution in [-0.4, -0.2) is 37.9 Å². The average Bonchev–Trinajstić information content (AvgIpc) is 3.36. The summed E-state index contributed by atoms with van der Waals surface area (Å²) in [5, 5.41) is 0. The Morgan fingerprint density at radius 2 is 0.600 bits per heavy atom. The van der Waals surface area contributed by atoms with Crippen LogP contribution >= 0.6 is 0 Å². The van der Waals surface area contributed by atoms with Crippen molar-refractivity contribution in [3.63, 3.8) is 0 Å². The molecule has 0 saturated heterocycles. The molecule has 0 aromatic rings. The second-order valence-corrected chi connectivity index (χ2v) is 21.0. The maximum Gasteiger partial charge on any atom is 0.306 e. The van der Waals surface area contributed by atoms with E-state index in [2.05, 4.69) is 69.4 Å². The Morgan fingerprint density at radius 3 is 0.986 bits per heavy atom. The largest absolute Gasteiger partial charge is 0.462 e. The standard InChI is InChI=1S/C65H120O5/c1-4-7-10-13-16-19-22-25-28-31-33-35-37-40-43-46-49-52-55-58-64(66)69-62-63(61-68-60-57-54-51-48-45-42-39-30-27-24-21-18-15-12-9-6-3)70-65(67)59-56-53-50-47-44-41-38-36-34-32-29-26-23-20-17-14-11-8-5-2/h16,19,25-30,63H,4-15,17-18,20-24,31-62H2,1-3H3/b19-16-,28-25-,29-26-,30-27-. The van der Waals surface area contributed by atoms with E-state index in [1.807, 2.05) is 0 Å². The number of esters is 2. The zero-order valence-electron chi connectivity index (χ0n) is 47.3. The number of hydrogen-bond donors (Lipinski definition) is 0. The van der Waals surface area contributed by atoms with Gasteiger partial charge in [0.2, 0.25) is 0 Å². The fraction of sp³-hybridized carbons (Fsp3) is 0.846. The molecule has 1 unspecified atom stereocenters. The van der Waals surface area contributed by atoms with Crippen LogP contribution in [0.2, 0.25) is 0 Å². The van der Waals surface area contributed by atoms with E-state index in [1.165, 1.54) is 250 Å². The molecule has 0 N–H and O–H groups in total. The molecular formula is C65H120O5. The number of unbranched alkanes of at least 4 members (excludes halogenated alkanes) is 39. The van der Waals surface area contributed by atoms with Crippen molar-refractivity contribution >= 4 is 11.9 Å². The van der Waals surface area contributed by atoms with E-state index in [4.69, 9.17) is 14.2 Å². The van der Waals surface area contributed by atoms with E-state index in [0.29, 0.717) is 19.4 Å². The quantitative estimate of drug-likeness (QED) is 0.0345. The van der Waals surface area contributed by atoms with Crippen LogP contribution in [0.25, 0.3) is 0 Å². The van der Waals surface area contributed by atoms with E-state index in [9.17, 15) is 9.59 Å². The smallest absolute Gasteiger partial charge is 0.306 e. The van der Waals surface area contributed by atoms with Crippen molar-refractivity contribution in [3.8, 4) is 0 Å². The Kier molecular flexibility index (Phi) is 59.3. The van der Waals surface area contributed by atoms with Crippen molar-refractivity contribution in [2.24, 2.45) is 0 Å². The normalized spacial score (nSPS) is 12.4. The van der Waals surface area contributed by atoms with Crippen LogP contribution in [0.1, 0.15) is 329 Å². The van der Waals surface area contributed by atoms with Gasteiger partial charge in [-0.3, -0.25) is 9.59 Å². The highest BCUT2D eigenvalue weighted by Crippen LogP contribution is 2.16. The van der Waals surface area contributed by atoms with Crippen molar-refractivity contribution < 1.29 is 23.8 Å². The van der Waals surface area contributed by atoms with Gasteiger partial charge in [-0.1, -0.05) is 262 Å². The SMILES string of the molecule is CCCCC/C=C\C/C=C\CCCCCCCCCCCC(=O)OCC(COCCCCCCCC/C=C\CCCCCCCC)OC(=O)CCCCCCCCCCC/C=C\CCCCCCCC. The molecule has 0 aromatic carbocycles. The van der Waals surface area contributed by atoms with Crippen LogP contribution in [-0.2, 0) is 23.8 Å². The van der Waals surface area contributed by atoms with Crippen LogP contribution in [0, 0.1) is 0 Å². The molecule has 1 atom stereocenters. The minimum absolute atomic E-state index is 0.0828. The Labute approximate surface area is 437 Å². The molecule has 0 amide bonds. The van der Waals surface area contributed by atoms with Gasteiger partial charge in [0.25, 0.3) is 0 Å². The first-order valence-electron chi connectivity index (χ1n) is 31.2. The molecule has 0 aromatic heterocycles. The van der Waals surface area contributed by atoms with Crippen molar-refractivity contribution in [2.45, 2.75) is 335 Å². The maximum absolute atomic E-state index is 12.9. The highest BCUT2D eigenvalue weighted by molar-refractivity contribution is 5.70. The van der Waals surface area contributed by atoms with Crippen molar-refractivity contribution in [2.75, 3.05) is 19.8 Å². The second kappa shape index (κ2) is 61.2. The molecule has 0 heterocycles. The van der Waals surface area contributed by atoms with Gasteiger partial charge in [0.05, 0.1) is 6.61 Å². The summed E-state index contributed by atoms with van der Waals surface area (Å²) >= 11 is 0. The second-order valence-electron chi connectivity index (χ2n) is 21.0. The zero-order chi connectivity index (χ0) is 50.6. The number of carbonyl (C=O) groups excluding carboxylic acids is 2. The van der Waals surface area contributed by atoms with E-state index in [-0.39, 0.29) is 25.2 Å². The molecule has 0 aliphatic rings. The number of hydrogen-bond acceptors (Lipinski definition) is 5. The molecule has 0 radical (unpaired) electrons. The van der Waals surface area contributed by atoms with Gasteiger partial charge < -0.3 is 14.2 Å². The van der Waals surface area contributed by atoms with Crippen LogP contribution in [0.3, 0.4) is 0 Å². The zero-order valence-corrected chi connectivity index (χ0v) is 47.3. The Balaban J connectivity index is 4.26. The third kappa shape index (κ3) is 58.4. The number of carbonyl (C=O) groups is 2. The molecule has 5 heteroatoms. The molecule has 70 heavy (non-hydrogen) atoms. The summed E-state index contributed by atoms with van der Waals surface area (Å²) in [5.74, 6) is -0.391. The molecule has 0 saturated carbocycles. The molecule has 0 fully saturated rings. The first kappa shape index (κ1) is 67.9. The summed E-state index contributed by atoms with van der Waals surface area (Å²) in [5.41, 5.74) is 0. The highest BCUT2D eigenvalue weighted by Gasteiger charge is 2.17. The molecule has 0 aliphatic heterocycles. The summed E-state index contributed by atoms with van der Waals surface area (Å²) < 4.78 is 17.5. The Hall–Kier alpha value is -2.14. The van der Waals surface area contributed by atoms with Gasteiger partial charge in [0.15, 0.2) is 6.10 Å². The third-order valence-corrected chi connectivity index (χ3v) is 13.8. The monoisotopic (exact) mass is 981 g/mol. The lowest BCUT2D eigenvalue weighted by Crippen LogP contribution is -2.30. The van der Waals surface area contributed by atoms with Gasteiger partial charge in [0, 0.05) is 19.4 Å². The van der Waals surface area contributed by atoms with E-state index in [0.717, 1.165) is 44.9 Å². The molecular weight excluding hydrogens is 861 g/mol. The molecule has 410 valence electrons. The van der Waals surface area contributed by atoms with Crippen LogP contribution in [0.4, 0.5) is 0 Å². The van der Waals surface area contributed by atoms with E-state index >= 15 is 0 Å². The summed E-state index contributed by atoms with van der Waals surface area (Å²) in [4.78, 5) is 25.6. The van der Waals surface area contributed by atoms with Gasteiger partial charge >= 0.3 is 11.9 Å². The maximum atomic E-state index is 12.9. The van der Waals surface area contributed by atoms with Gasteiger partial charge in [-0.15, -0.1) is 0 Å². The van der Waals surface area contributed by atoms with E-state index in [1.54, 1.807) is 0 Å². The van der Waals surface area contributed by atoms with Gasteiger partial charge in [-0.05, 0) is 103 Å².